The molecule has 9 heteroatoms. The number of aromatic nitrogens is 1. The first-order valence-electron chi connectivity index (χ1n) is 10.00. The zero-order chi connectivity index (χ0) is 21.5. The molecule has 2 N–H and O–H groups in total. The molecule has 3 heterocycles. The summed E-state index contributed by atoms with van der Waals surface area (Å²) in [5.74, 6) is -0.662. The Bertz CT molecular complexity index is 1220. The Morgan fingerprint density at radius 3 is 2.68 bits per heavy atom. The number of ether oxygens (including phenoxy) is 2. The van der Waals surface area contributed by atoms with Gasteiger partial charge < -0.3 is 29.4 Å². The lowest BCUT2D eigenvalue weighted by atomic mass is 10.0. The molecule has 0 aliphatic carbocycles. The van der Waals surface area contributed by atoms with Crippen molar-refractivity contribution in [3.63, 3.8) is 0 Å². The van der Waals surface area contributed by atoms with Crippen molar-refractivity contribution >= 4 is 22.7 Å². The van der Waals surface area contributed by atoms with Crippen LogP contribution in [0.3, 0.4) is 0 Å². The Hall–Kier alpha value is -3.59. The van der Waals surface area contributed by atoms with Crippen molar-refractivity contribution in [1.29, 1.82) is 0 Å². The number of hydrogen-bond donors (Lipinski definition) is 2. The number of piperazine rings is 1. The minimum atomic E-state index is -1.61. The van der Waals surface area contributed by atoms with Crippen molar-refractivity contribution in [1.82, 2.24) is 9.88 Å². The third-order valence-electron chi connectivity index (χ3n) is 5.70. The van der Waals surface area contributed by atoms with E-state index < -0.39 is 17.4 Å². The molecule has 2 aliphatic rings. The number of rotatable bonds is 3. The summed E-state index contributed by atoms with van der Waals surface area (Å²) in [7, 11) is 0. The summed E-state index contributed by atoms with van der Waals surface area (Å²) in [5, 5.41) is 12.3. The number of pyridine rings is 1. The fourth-order valence-electron chi connectivity index (χ4n) is 4.32. The van der Waals surface area contributed by atoms with Crippen LogP contribution in [0.15, 0.2) is 47.4 Å². The van der Waals surface area contributed by atoms with Gasteiger partial charge in [0.15, 0.2) is 17.3 Å². The summed E-state index contributed by atoms with van der Waals surface area (Å²) in [6.07, 6.45) is -0.229. The predicted molar refractivity (Wildman–Crippen MR) is 112 cm³/mol. The van der Waals surface area contributed by atoms with Crippen LogP contribution >= 0.6 is 0 Å². The van der Waals surface area contributed by atoms with E-state index in [4.69, 9.17) is 14.6 Å². The Labute approximate surface area is 176 Å². The van der Waals surface area contributed by atoms with Gasteiger partial charge in [-0.05, 0) is 11.6 Å². The molecule has 3 aromatic rings. The van der Waals surface area contributed by atoms with Crippen molar-refractivity contribution < 1.29 is 23.8 Å². The van der Waals surface area contributed by atoms with E-state index in [0.29, 0.717) is 43.1 Å². The Morgan fingerprint density at radius 2 is 1.97 bits per heavy atom. The molecule has 0 bridgehead atoms. The number of benzene rings is 2. The highest BCUT2D eigenvalue weighted by molar-refractivity contribution is 5.93. The SMILES string of the molecule is O=C(O)Oc1cn2c3c(c(N4CCNCC4)c(F)cc3c1=O)OCC2c1ccccc1. The second-order valence-electron chi connectivity index (χ2n) is 7.50. The molecule has 1 fully saturated rings. The maximum atomic E-state index is 15.3. The Kier molecular flexibility index (Phi) is 4.74. The number of hydrogen-bond acceptors (Lipinski definition) is 6. The first-order valence-corrected chi connectivity index (χ1v) is 10.00. The van der Waals surface area contributed by atoms with Gasteiger partial charge in [0.2, 0.25) is 5.43 Å². The van der Waals surface area contributed by atoms with Crippen LogP contribution in [0.1, 0.15) is 11.6 Å². The molecule has 0 radical (unpaired) electrons. The Morgan fingerprint density at radius 1 is 1.23 bits per heavy atom. The summed E-state index contributed by atoms with van der Waals surface area (Å²) < 4.78 is 27.8. The molecule has 160 valence electrons. The number of halogens is 1. The van der Waals surface area contributed by atoms with E-state index in [1.807, 2.05) is 35.2 Å². The van der Waals surface area contributed by atoms with E-state index in [1.165, 1.54) is 6.20 Å². The van der Waals surface area contributed by atoms with Gasteiger partial charge in [0, 0.05) is 26.2 Å². The molecular weight excluding hydrogens is 405 g/mol. The van der Waals surface area contributed by atoms with Gasteiger partial charge in [-0.15, -0.1) is 0 Å². The molecule has 1 unspecified atom stereocenters. The largest absolute Gasteiger partial charge is 0.511 e. The molecular formula is C22H20FN3O5. The second kappa shape index (κ2) is 7.59. The average molecular weight is 425 g/mol. The van der Waals surface area contributed by atoms with Crippen LogP contribution in [0.2, 0.25) is 0 Å². The molecule has 8 nitrogen and oxygen atoms in total. The zero-order valence-corrected chi connectivity index (χ0v) is 16.5. The third-order valence-corrected chi connectivity index (χ3v) is 5.70. The van der Waals surface area contributed by atoms with Gasteiger partial charge in [-0.25, -0.2) is 9.18 Å². The summed E-state index contributed by atoms with van der Waals surface area (Å²) in [4.78, 5) is 26.0. The van der Waals surface area contributed by atoms with Gasteiger partial charge in [0.25, 0.3) is 0 Å². The van der Waals surface area contributed by atoms with Gasteiger partial charge in [0.1, 0.15) is 12.3 Å². The molecule has 2 aromatic carbocycles. The molecule has 0 spiro atoms. The lowest BCUT2D eigenvalue weighted by Crippen LogP contribution is -2.44. The van der Waals surface area contributed by atoms with E-state index in [-0.39, 0.29) is 23.8 Å². The molecule has 5 rings (SSSR count). The molecule has 2 aliphatic heterocycles. The van der Waals surface area contributed by atoms with E-state index in [1.54, 1.807) is 4.57 Å². The van der Waals surface area contributed by atoms with Crippen LogP contribution in [0.5, 0.6) is 11.5 Å². The minimum Gasteiger partial charge on any atom is -0.487 e. The molecule has 1 aromatic heterocycles. The fraction of sp³-hybridized carbons (Fsp3) is 0.273. The summed E-state index contributed by atoms with van der Waals surface area (Å²) in [5.41, 5.74) is 0.962. The van der Waals surface area contributed by atoms with Crippen molar-refractivity contribution in [3.05, 3.63) is 64.2 Å². The monoisotopic (exact) mass is 425 g/mol. The maximum Gasteiger partial charge on any atom is 0.511 e. The van der Waals surface area contributed by atoms with E-state index in [0.717, 1.165) is 11.6 Å². The number of nitrogens with zero attached hydrogens (tertiary/aromatic N) is 2. The standard InChI is InChI=1S/C22H20FN3O5/c23-15-10-14-18-21(19(15)25-8-6-24-7-9-25)30-12-16(13-4-2-1-3-5-13)26(18)11-17(20(14)27)31-22(28)29/h1-5,10-11,16,24H,6-9,12H2,(H,28,29). The van der Waals surface area contributed by atoms with Crippen molar-refractivity contribution in [2.45, 2.75) is 6.04 Å². The minimum absolute atomic E-state index is 0.0192. The molecule has 0 saturated carbocycles. The average Bonchev–Trinajstić information content (AvgIpc) is 2.78. The lowest BCUT2D eigenvalue weighted by molar-refractivity contribution is 0.143. The highest BCUT2D eigenvalue weighted by atomic mass is 19.1. The fourth-order valence-corrected chi connectivity index (χ4v) is 4.32. The quantitative estimate of drug-likeness (QED) is 0.623. The zero-order valence-electron chi connectivity index (χ0n) is 16.5. The van der Waals surface area contributed by atoms with Crippen LogP contribution in [-0.4, -0.2) is 48.6 Å². The van der Waals surface area contributed by atoms with Crippen molar-refractivity contribution in [2.24, 2.45) is 0 Å². The molecule has 0 amide bonds. The third kappa shape index (κ3) is 3.27. The van der Waals surface area contributed by atoms with Crippen LogP contribution in [0.25, 0.3) is 10.9 Å². The normalized spacial score (nSPS) is 18.0. The molecule has 31 heavy (non-hydrogen) atoms. The highest BCUT2D eigenvalue weighted by Crippen LogP contribution is 2.43. The first-order chi connectivity index (χ1) is 15.0. The number of carbonyl (C=O) groups is 1. The van der Waals surface area contributed by atoms with Crippen LogP contribution in [0.4, 0.5) is 14.9 Å². The second-order valence-corrected chi connectivity index (χ2v) is 7.50. The summed E-state index contributed by atoms with van der Waals surface area (Å²) in [6, 6.07) is 10.3. The number of carboxylic acid groups (broad SMARTS) is 1. The van der Waals surface area contributed by atoms with Gasteiger partial charge in [0.05, 0.1) is 23.1 Å². The summed E-state index contributed by atoms with van der Waals surface area (Å²) in [6.45, 7) is 2.82. The van der Waals surface area contributed by atoms with Gasteiger partial charge in [-0.2, -0.15) is 0 Å². The van der Waals surface area contributed by atoms with Gasteiger partial charge in [-0.3, -0.25) is 4.79 Å². The van der Waals surface area contributed by atoms with E-state index in [2.05, 4.69) is 5.32 Å². The first kappa shape index (κ1) is 19.4. The highest BCUT2D eigenvalue weighted by Gasteiger charge is 2.32. The van der Waals surface area contributed by atoms with Gasteiger partial charge in [-0.1, -0.05) is 30.3 Å². The molecule has 1 atom stereocenters. The summed E-state index contributed by atoms with van der Waals surface area (Å²) >= 11 is 0. The van der Waals surface area contributed by atoms with Crippen LogP contribution in [0, 0.1) is 5.82 Å². The van der Waals surface area contributed by atoms with Crippen molar-refractivity contribution in [3.8, 4) is 11.5 Å². The topological polar surface area (TPSA) is 93.0 Å². The van der Waals surface area contributed by atoms with E-state index in [9.17, 15) is 9.59 Å². The van der Waals surface area contributed by atoms with Gasteiger partial charge >= 0.3 is 6.16 Å². The number of nitrogens with one attached hydrogen (secondary N) is 1. The van der Waals surface area contributed by atoms with E-state index >= 15 is 4.39 Å². The Balaban J connectivity index is 1.80. The predicted octanol–water partition coefficient (Wildman–Crippen LogP) is 2.59. The smallest absolute Gasteiger partial charge is 0.487 e. The molecule has 1 saturated heterocycles. The lowest BCUT2D eigenvalue weighted by Gasteiger charge is -2.35. The maximum absolute atomic E-state index is 15.3. The number of anilines is 1. The van der Waals surface area contributed by atoms with Crippen LogP contribution in [-0.2, 0) is 0 Å². The van der Waals surface area contributed by atoms with Crippen molar-refractivity contribution in [2.75, 3.05) is 37.7 Å². The van der Waals surface area contributed by atoms with Crippen LogP contribution < -0.4 is 25.1 Å².